The largest absolute Gasteiger partial charge is 0.431 e. The van der Waals surface area contributed by atoms with Gasteiger partial charge < -0.3 is 4.74 Å². The van der Waals surface area contributed by atoms with E-state index in [9.17, 15) is 12.8 Å². The van der Waals surface area contributed by atoms with Gasteiger partial charge in [-0.05, 0) is 42.0 Å². The molecule has 0 saturated heterocycles. The first-order valence-corrected chi connectivity index (χ1v) is 9.31. The molecule has 8 heteroatoms. The lowest BCUT2D eigenvalue weighted by Crippen LogP contribution is -2.23. The van der Waals surface area contributed by atoms with Gasteiger partial charge in [-0.1, -0.05) is 23.5 Å². The Balaban J connectivity index is 1.62. The maximum atomic E-state index is 12.9. The predicted molar refractivity (Wildman–Crippen MR) is 89.1 cm³/mol. The molecule has 3 rings (SSSR count). The number of hydrogen-bond acceptors (Lipinski definition) is 5. The predicted octanol–water partition coefficient (Wildman–Crippen LogP) is 3.55. The van der Waals surface area contributed by atoms with Crippen LogP contribution in [0.3, 0.4) is 0 Å². The summed E-state index contributed by atoms with van der Waals surface area (Å²) in [6, 6.07) is 11.7. The van der Waals surface area contributed by atoms with Crippen LogP contribution in [0.15, 0.2) is 65.0 Å². The fourth-order valence-corrected chi connectivity index (χ4v) is 3.43. The van der Waals surface area contributed by atoms with E-state index in [-0.39, 0.29) is 11.4 Å². The Morgan fingerprint density at radius 1 is 1.08 bits per heavy atom. The van der Waals surface area contributed by atoms with Gasteiger partial charge in [-0.25, -0.2) is 22.5 Å². The van der Waals surface area contributed by atoms with E-state index in [1.165, 1.54) is 23.5 Å². The van der Waals surface area contributed by atoms with Gasteiger partial charge in [0.2, 0.25) is 10.0 Å². The minimum Gasteiger partial charge on any atom is -0.431 e. The van der Waals surface area contributed by atoms with Crippen LogP contribution >= 0.6 is 11.3 Å². The quantitative estimate of drug-likeness (QED) is 0.726. The summed E-state index contributed by atoms with van der Waals surface area (Å²) in [6.45, 7) is 0.122. The van der Waals surface area contributed by atoms with Gasteiger partial charge in [0.1, 0.15) is 11.6 Å². The number of hydrogen-bond donors (Lipinski definition) is 1. The van der Waals surface area contributed by atoms with E-state index in [0.29, 0.717) is 10.9 Å². The molecule has 24 heavy (non-hydrogen) atoms. The number of sulfonamides is 1. The lowest BCUT2D eigenvalue weighted by Gasteiger charge is -2.08. The molecule has 0 aliphatic rings. The Labute approximate surface area is 142 Å². The van der Waals surface area contributed by atoms with E-state index < -0.39 is 15.8 Å². The topological polar surface area (TPSA) is 68.3 Å². The molecule has 0 aliphatic carbocycles. The normalized spacial score (nSPS) is 11.4. The third-order valence-corrected chi connectivity index (χ3v) is 5.19. The molecule has 2 aromatic carbocycles. The highest BCUT2D eigenvalue weighted by atomic mass is 32.2. The van der Waals surface area contributed by atoms with Crippen LogP contribution in [0.4, 0.5) is 4.39 Å². The van der Waals surface area contributed by atoms with E-state index >= 15 is 0 Å². The first-order chi connectivity index (χ1) is 11.5. The number of rotatable bonds is 6. The van der Waals surface area contributed by atoms with Crippen LogP contribution in [-0.4, -0.2) is 13.4 Å². The van der Waals surface area contributed by atoms with Gasteiger partial charge in [0.15, 0.2) is 0 Å². The smallest absolute Gasteiger partial charge is 0.278 e. The molecule has 0 spiro atoms. The standard InChI is InChI=1S/C16H13FN2O3S2/c17-13-3-7-15(8-4-13)24(20,21)19-11-12-1-5-14(6-2-12)22-16-18-9-10-23-16/h1-10,19H,11H2. The van der Waals surface area contributed by atoms with Crippen LogP contribution in [0.25, 0.3) is 0 Å². The highest BCUT2D eigenvalue weighted by Crippen LogP contribution is 2.23. The Morgan fingerprint density at radius 2 is 1.79 bits per heavy atom. The van der Waals surface area contributed by atoms with Crippen molar-refractivity contribution in [2.24, 2.45) is 0 Å². The third-order valence-electron chi connectivity index (χ3n) is 3.13. The third kappa shape index (κ3) is 4.16. The van der Waals surface area contributed by atoms with Crippen molar-refractivity contribution in [1.82, 2.24) is 9.71 Å². The number of benzene rings is 2. The van der Waals surface area contributed by atoms with Crippen LogP contribution in [-0.2, 0) is 16.6 Å². The lowest BCUT2D eigenvalue weighted by atomic mass is 10.2. The number of ether oxygens (including phenoxy) is 1. The second kappa shape index (κ2) is 7.08. The molecule has 0 atom stereocenters. The zero-order valence-electron chi connectivity index (χ0n) is 12.3. The second-order valence-corrected chi connectivity index (χ2v) is 7.45. The molecule has 3 aromatic rings. The van der Waals surface area contributed by atoms with Crippen molar-refractivity contribution in [1.29, 1.82) is 0 Å². The highest BCUT2D eigenvalue weighted by Gasteiger charge is 2.13. The van der Waals surface area contributed by atoms with Gasteiger partial charge in [-0.15, -0.1) is 0 Å². The van der Waals surface area contributed by atoms with Crippen molar-refractivity contribution in [2.45, 2.75) is 11.4 Å². The molecule has 0 fully saturated rings. The van der Waals surface area contributed by atoms with E-state index in [1.54, 1.807) is 30.5 Å². The minimum absolute atomic E-state index is 0.0209. The number of thiazole rings is 1. The molecular formula is C16H13FN2O3S2. The summed E-state index contributed by atoms with van der Waals surface area (Å²) in [7, 11) is -3.68. The minimum atomic E-state index is -3.68. The molecular weight excluding hydrogens is 351 g/mol. The monoisotopic (exact) mass is 364 g/mol. The van der Waals surface area contributed by atoms with Gasteiger partial charge in [0.05, 0.1) is 4.90 Å². The second-order valence-electron chi connectivity index (χ2n) is 4.82. The molecule has 1 N–H and O–H groups in total. The van der Waals surface area contributed by atoms with E-state index in [1.807, 2.05) is 5.38 Å². The molecule has 1 aromatic heterocycles. The number of aromatic nitrogens is 1. The molecule has 5 nitrogen and oxygen atoms in total. The first-order valence-electron chi connectivity index (χ1n) is 6.94. The van der Waals surface area contributed by atoms with Crippen molar-refractivity contribution < 1.29 is 17.5 Å². The average Bonchev–Trinajstić information content (AvgIpc) is 3.08. The summed E-state index contributed by atoms with van der Waals surface area (Å²) in [6.07, 6.45) is 1.65. The Kier molecular flexibility index (Phi) is 4.89. The van der Waals surface area contributed by atoms with Gasteiger partial charge >= 0.3 is 0 Å². The molecule has 0 aliphatic heterocycles. The number of nitrogens with zero attached hydrogens (tertiary/aromatic N) is 1. The zero-order valence-corrected chi connectivity index (χ0v) is 14.0. The lowest BCUT2D eigenvalue weighted by molar-refractivity contribution is 0.478. The molecule has 124 valence electrons. The van der Waals surface area contributed by atoms with Gasteiger partial charge in [-0.2, -0.15) is 0 Å². The van der Waals surface area contributed by atoms with Crippen LogP contribution in [0.2, 0.25) is 0 Å². The molecule has 0 radical (unpaired) electrons. The Hall–Kier alpha value is -2.29. The summed E-state index contributed by atoms with van der Waals surface area (Å²) in [5.41, 5.74) is 0.771. The number of nitrogens with one attached hydrogen (secondary N) is 1. The molecule has 0 unspecified atom stereocenters. The van der Waals surface area contributed by atoms with Crippen LogP contribution < -0.4 is 9.46 Å². The van der Waals surface area contributed by atoms with Crippen molar-refractivity contribution in [3.05, 3.63) is 71.5 Å². The molecule has 0 bridgehead atoms. The molecule has 1 heterocycles. The fourth-order valence-electron chi connectivity index (χ4n) is 1.91. The van der Waals surface area contributed by atoms with Gasteiger partial charge in [-0.3, -0.25) is 0 Å². The van der Waals surface area contributed by atoms with E-state index in [4.69, 9.17) is 4.74 Å². The Morgan fingerprint density at radius 3 is 2.42 bits per heavy atom. The van der Waals surface area contributed by atoms with E-state index in [2.05, 4.69) is 9.71 Å². The molecule has 0 saturated carbocycles. The van der Waals surface area contributed by atoms with Gasteiger partial charge in [0.25, 0.3) is 5.19 Å². The zero-order chi connectivity index (χ0) is 17.0. The van der Waals surface area contributed by atoms with Gasteiger partial charge in [0, 0.05) is 18.1 Å². The summed E-state index contributed by atoms with van der Waals surface area (Å²) in [5, 5.41) is 2.35. The summed E-state index contributed by atoms with van der Waals surface area (Å²) in [4.78, 5) is 4.04. The summed E-state index contributed by atoms with van der Waals surface area (Å²) >= 11 is 1.38. The van der Waals surface area contributed by atoms with Crippen LogP contribution in [0.1, 0.15) is 5.56 Å². The van der Waals surface area contributed by atoms with Crippen molar-refractivity contribution >= 4 is 21.4 Å². The maximum absolute atomic E-state index is 12.9. The van der Waals surface area contributed by atoms with Crippen molar-refractivity contribution in [3.8, 4) is 10.9 Å². The fraction of sp³-hybridized carbons (Fsp3) is 0.0625. The summed E-state index contributed by atoms with van der Waals surface area (Å²) < 4.78 is 45.1. The Bertz CT molecular complexity index is 894. The maximum Gasteiger partial charge on any atom is 0.278 e. The highest BCUT2D eigenvalue weighted by molar-refractivity contribution is 7.89. The summed E-state index contributed by atoms with van der Waals surface area (Å²) in [5.74, 6) is 0.139. The number of halogens is 1. The first kappa shape index (κ1) is 16.6. The van der Waals surface area contributed by atoms with Crippen LogP contribution in [0.5, 0.6) is 10.9 Å². The van der Waals surface area contributed by atoms with Crippen molar-refractivity contribution in [3.63, 3.8) is 0 Å². The van der Waals surface area contributed by atoms with E-state index in [0.717, 1.165) is 17.7 Å². The average molecular weight is 364 g/mol. The SMILES string of the molecule is O=S(=O)(NCc1ccc(Oc2nccs2)cc1)c1ccc(F)cc1. The van der Waals surface area contributed by atoms with Crippen molar-refractivity contribution in [2.75, 3.05) is 0 Å². The van der Waals surface area contributed by atoms with Crippen LogP contribution in [0, 0.1) is 5.82 Å². The molecule has 0 amide bonds.